The molecule has 0 bridgehead atoms. The maximum atomic E-state index is 3.66. The third-order valence-electron chi connectivity index (χ3n) is 7.16. The molecule has 0 radical (unpaired) electrons. The maximum absolute atomic E-state index is 3.66. The number of aryl methyl sites for hydroxylation is 1. The third kappa shape index (κ3) is 3.41. The number of fused-ring (bicyclic) bond motifs is 6. The standard InChI is InChI=1S/C32H21Br2N/c33-22-11-15-31-29(18-22)30-19-23(34)12-16-32(30)35(31)24-13-9-20(10-14-24)28-17-21-5-1-2-6-25(21)26-7-3-4-8-27(26)28/h2-4,6-19H,1,5H2. The molecule has 1 aliphatic carbocycles. The Balaban J connectivity index is 1.42. The van der Waals surface area contributed by atoms with Crippen LogP contribution in [0.4, 0.5) is 0 Å². The van der Waals surface area contributed by atoms with E-state index in [1.807, 2.05) is 0 Å². The van der Waals surface area contributed by atoms with E-state index in [1.165, 1.54) is 60.5 Å². The first kappa shape index (κ1) is 21.2. The average molecular weight is 579 g/mol. The molecule has 0 fully saturated rings. The number of nitrogens with zero attached hydrogens (tertiary/aromatic N) is 1. The second-order valence-corrected chi connectivity index (χ2v) is 11.0. The highest BCUT2D eigenvalue weighted by atomic mass is 79.9. The van der Waals surface area contributed by atoms with Crippen molar-refractivity contribution >= 4 is 70.5 Å². The lowest BCUT2D eigenvalue weighted by atomic mass is 9.87. The van der Waals surface area contributed by atoms with Crippen LogP contribution in [0.15, 0.2) is 106 Å². The van der Waals surface area contributed by atoms with Crippen LogP contribution < -0.4 is 0 Å². The number of rotatable bonds is 2. The number of hydrogen-bond acceptors (Lipinski definition) is 0. The molecule has 0 spiro atoms. The molecular formula is C32H21Br2N. The highest BCUT2D eigenvalue weighted by molar-refractivity contribution is 9.10. The van der Waals surface area contributed by atoms with Crippen molar-refractivity contribution in [3.63, 3.8) is 0 Å². The van der Waals surface area contributed by atoms with Gasteiger partial charge >= 0.3 is 0 Å². The largest absolute Gasteiger partial charge is 0.309 e. The summed E-state index contributed by atoms with van der Waals surface area (Å²) in [5, 5.41) is 5.15. The number of aromatic nitrogens is 1. The van der Waals surface area contributed by atoms with Crippen LogP contribution in [0.1, 0.15) is 17.5 Å². The fourth-order valence-corrected chi connectivity index (χ4v) is 6.30. The Morgan fingerprint density at radius 1 is 0.629 bits per heavy atom. The van der Waals surface area contributed by atoms with Crippen LogP contribution in [-0.4, -0.2) is 4.57 Å². The fraction of sp³-hybridized carbons (Fsp3) is 0.0625. The van der Waals surface area contributed by atoms with Crippen LogP contribution in [0, 0.1) is 0 Å². The first-order valence-corrected chi connectivity index (χ1v) is 13.5. The van der Waals surface area contributed by atoms with Crippen LogP contribution in [0.25, 0.3) is 55.5 Å². The van der Waals surface area contributed by atoms with Crippen LogP contribution in [0.5, 0.6) is 0 Å². The van der Waals surface area contributed by atoms with Gasteiger partial charge in [0.25, 0.3) is 0 Å². The van der Waals surface area contributed by atoms with Crippen LogP contribution in [0.3, 0.4) is 0 Å². The van der Waals surface area contributed by atoms with Crippen LogP contribution in [-0.2, 0) is 6.42 Å². The van der Waals surface area contributed by atoms with Gasteiger partial charge in [-0.1, -0.05) is 80.4 Å². The van der Waals surface area contributed by atoms with Crippen molar-refractivity contribution < 1.29 is 0 Å². The molecule has 0 N–H and O–H groups in total. The van der Waals surface area contributed by atoms with Gasteiger partial charge in [-0.25, -0.2) is 0 Å². The molecule has 1 heterocycles. The van der Waals surface area contributed by atoms with E-state index in [2.05, 4.69) is 140 Å². The summed E-state index contributed by atoms with van der Waals surface area (Å²) in [5.74, 6) is 0. The topological polar surface area (TPSA) is 4.93 Å². The van der Waals surface area contributed by atoms with E-state index in [0.29, 0.717) is 0 Å². The molecule has 1 nitrogen and oxygen atoms in total. The van der Waals surface area contributed by atoms with Gasteiger partial charge in [-0.05, 0) is 100 Å². The van der Waals surface area contributed by atoms with Gasteiger partial charge in [0.2, 0.25) is 0 Å². The SMILES string of the molecule is Brc1ccc2c(c1)c1cc(Br)ccc1n2-c1ccc(-c2cc3c(c4ccccc24)C=CCC3)cc1. The van der Waals surface area contributed by atoms with Crippen molar-refractivity contribution in [2.75, 3.05) is 0 Å². The molecule has 0 unspecified atom stereocenters. The average Bonchev–Trinajstić information content (AvgIpc) is 3.21. The Labute approximate surface area is 221 Å². The number of halogens is 2. The molecule has 6 aromatic rings. The van der Waals surface area contributed by atoms with Crippen molar-refractivity contribution in [2.24, 2.45) is 0 Å². The summed E-state index contributed by atoms with van der Waals surface area (Å²) in [4.78, 5) is 0. The number of hydrogen-bond donors (Lipinski definition) is 0. The Morgan fingerprint density at radius 2 is 1.29 bits per heavy atom. The summed E-state index contributed by atoms with van der Waals surface area (Å²) >= 11 is 7.32. The lowest BCUT2D eigenvalue weighted by molar-refractivity contribution is 0.990. The molecule has 5 aromatic carbocycles. The normalized spacial score (nSPS) is 13.1. The van der Waals surface area contributed by atoms with Gasteiger partial charge in [0.1, 0.15) is 0 Å². The fourth-order valence-electron chi connectivity index (χ4n) is 5.57. The van der Waals surface area contributed by atoms with Gasteiger partial charge in [0, 0.05) is 25.4 Å². The van der Waals surface area contributed by atoms with Gasteiger partial charge in [0.15, 0.2) is 0 Å². The first-order valence-electron chi connectivity index (χ1n) is 11.9. The molecule has 0 saturated carbocycles. The zero-order valence-corrected chi connectivity index (χ0v) is 22.1. The van der Waals surface area contributed by atoms with Crippen molar-refractivity contribution in [1.82, 2.24) is 4.57 Å². The molecule has 0 atom stereocenters. The molecule has 0 amide bonds. The quantitative estimate of drug-likeness (QED) is 0.192. The smallest absolute Gasteiger partial charge is 0.0541 e. The van der Waals surface area contributed by atoms with Gasteiger partial charge in [-0.15, -0.1) is 0 Å². The van der Waals surface area contributed by atoms with E-state index in [9.17, 15) is 0 Å². The second kappa shape index (κ2) is 8.22. The van der Waals surface area contributed by atoms with Crippen molar-refractivity contribution in [3.8, 4) is 16.8 Å². The molecule has 3 heteroatoms. The van der Waals surface area contributed by atoms with Crippen molar-refractivity contribution in [2.45, 2.75) is 12.8 Å². The van der Waals surface area contributed by atoms with Crippen molar-refractivity contribution in [1.29, 1.82) is 0 Å². The van der Waals surface area contributed by atoms with Crippen LogP contribution in [0.2, 0.25) is 0 Å². The van der Waals surface area contributed by atoms with Gasteiger partial charge in [-0.2, -0.15) is 0 Å². The number of allylic oxidation sites excluding steroid dienone is 1. The Hall–Kier alpha value is -3.14. The maximum Gasteiger partial charge on any atom is 0.0541 e. The molecule has 0 saturated heterocycles. The molecule has 7 rings (SSSR count). The minimum absolute atomic E-state index is 1.09. The molecule has 168 valence electrons. The van der Waals surface area contributed by atoms with E-state index in [1.54, 1.807) is 0 Å². The predicted octanol–water partition coefficient (Wildman–Crippen LogP) is 10.1. The monoisotopic (exact) mass is 577 g/mol. The second-order valence-electron chi connectivity index (χ2n) is 9.19. The summed E-state index contributed by atoms with van der Waals surface area (Å²) in [6.07, 6.45) is 6.82. The highest BCUT2D eigenvalue weighted by Gasteiger charge is 2.15. The van der Waals surface area contributed by atoms with Gasteiger partial charge in [-0.3, -0.25) is 0 Å². The Kier molecular flexibility index (Phi) is 4.97. The van der Waals surface area contributed by atoms with E-state index >= 15 is 0 Å². The summed E-state index contributed by atoms with van der Waals surface area (Å²) in [6, 6.07) is 33.3. The van der Waals surface area contributed by atoms with E-state index in [0.717, 1.165) is 21.8 Å². The van der Waals surface area contributed by atoms with E-state index < -0.39 is 0 Å². The van der Waals surface area contributed by atoms with Crippen molar-refractivity contribution in [3.05, 3.63) is 117 Å². The summed E-state index contributed by atoms with van der Waals surface area (Å²) in [6.45, 7) is 0. The number of benzene rings is 5. The zero-order valence-electron chi connectivity index (χ0n) is 18.9. The lowest BCUT2D eigenvalue weighted by Crippen LogP contribution is -1.97. The molecule has 35 heavy (non-hydrogen) atoms. The van der Waals surface area contributed by atoms with Crippen LogP contribution >= 0.6 is 31.9 Å². The summed E-state index contributed by atoms with van der Waals surface area (Å²) < 4.78 is 4.55. The first-order chi connectivity index (χ1) is 17.2. The highest BCUT2D eigenvalue weighted by Crippen LogP contribution is 2.38. The minimum atomic E-state index is 1.09. The van der Waals surface area contributed by atoms with Gasteiger partial charge < -0.3 is 4.57 Å². The molecule has 1 aromatic heterocycles. The van der Waals surface area contributed by atoms with E-state index in [-0.39, 0.29) is 0 Å². The van der Waals surface area contributed by atoms with Gasteiger partial charge in [0.05, 0.1) is 11.0 Å². The minimum Gasteiger partial charge on any atom is -0.309 e. The Morgan fingerprint density at radius 3 is 1.97 bits per heavy atom. The molecule has 0 aliphatic heterocycles. The summed E-state index contributed by atoms with van der Waals surface area (Å²) in [7, 11) is 0. The zero-order chi connectivity index (χ0) is 23.5. The third-order valence-corrected chi connectivity index (χ3v) is 8.15. The molecular weight excluding hydrogens is 558 g/mol. The predicted molar refractivity (Wildman–Crippen MR) is 156 cm³/mol. The Bertz CT molecular complexity index is 1750. The summed E-state index contributed by atoms with van der Waals surface area (Å²) in [5.41, 5.74) is 8.99. The van der Waals surface area contributed by atoms with E-state index in [4.69, 9.17) is 0 Å². The lowest BCUT2D eigenvalue weighted by Gasteiger charge is -2.17. The molecule has 1 aliphatic rings.